The molecule has 0 aromatic carbocycles. The Balaban J connectivity index is 2.40. The Morgan fingerprint density at radius 2 is 2.57 bits per heavy atom. The summed E-state index contributed by atoms with van der Waals surface area (Å²) in [5.74, 6) is -0.0799. The monoisotopic (exact) mass is 165 g/mol. The van der Waals surface area contributed by atoms with E-state index in [0.717, 1.165) is 0 Å². The number of cyclic esters (lactones) is 1. The van der Waals surface area contributed by atoms with E-state index in [1.807, 2.05) is 0 Å². The van der Waals surface area contributed by atoms with Crippen LogP contribution < -0.4 is 0 Å². The van der Waals surface area contributed by atoms with E-state index in [0.29, 0.717) is 17.8 Å². The van der Waals surface area contributed by atoms with Crippen LogP contribution in [0, 0.1) is 0 Å². The van der Waals surface area contributed by atoms with Gasteiger partial charge in [-0.15, -0.1) is 0 Å². The van der Waals surface area contributed by atoms with Gasteiger partial charge in [-0.2, -0.15) is 0 Å². The first-order valence-corrected chi connectivity index (χ1v) is 3.09. The minimum atomic E-state index is -0.0799. The summed E-state index contributed by atoms with van der Waals surface area (Å²) >= 11 is 2.82. The van der Waals surface area contributed by atoms with E-state index in [9.17, 15) is 4.79 Å². The normalized spacial score (nSPS) is 30.4. The van der Waals surface area contributed by atoms with Crippen molar-refractivity contribution in [3.8, 4) is 0 Å². The SMILES string of the molecule is O=C1CC([Se])CO1. The van der Waals surface area contributed by atoms with Crippen LogP contribution in [0.15, 0.2) is 0 Å². The van der Waals surface area contributed by atoms with Crippen LogP contribution in [0.4, 0.5) is 0 Å². The standard InChI is InChI=1S/C4H5O2Se/c5-4-1-3(7)2-6-4/h3H,1-2H2. The molecule has 0 N–H and O–H groups in total. The molecule has 1 aliphatic heterocycles. The fourth-order valence-corrected chi connectivity index (χ4v) is 0.918. The average Bonchev–Trinajstić information content (AvgIpc) is 1.87. The van der Waals surface area contributed by atoms with Crippen LogP contribution in [0.3, 0.4) is 0 Å². The van der Waals surface area contributed by atoms with Gasteiger partial charge < -0.3 is 0 Å². The van der Waals surface area contributed by atoms with Gasteiger partial charge in [0.2, 0.25) is 0 Å². The molecule has 0 amide bonds. The van der Waals surface area contributed by atoms with E-state index in [4.69, 9.17) is 0 Å². The third kappa shape index (κ3) is 1.18. The van der Waals surface area contributed by atoms with Crippen LogP contribution in [-0.2, 0) is 9.53 Å². The molecule has 3 heteroatoms. The van der Waals surface area contributed by atoms with Gasteiger partial charge in [0.25, 0.3) is 0 Å². The third-order valence-corrected chi connectivity index (χ3v) is 1.46. The number of hydrogen-bond donors (Lipinski definition) is 0. The molecule has 1 radical (unpaired) electrons. The molecule has 1 atom stereocenters. The number of carbonyl (C=O) groups is 1. The van der Waals surface area contributed by atoms with E-state index in [2.05, 4.69) is 20.7 Å². The second-order valence-corrected chi connectivity index (χ2v) is 2.91. The van der Waals surface area contributed by atoms with Gasteiger partial charge in [-0.25, -0.2) is 0 Å². The van der Waals surface area contributed by atoms with Crippen LogP contribution in [0.25, 0.3) is 0 Å². The Morgan fingerprint density at radius 1 is 1.86 bits per heavy atom. The zero-order valence-electron chi connectivity index (χ0n) is 3.72. The second kappa shape index (κ2) is 1.85. The predicted molar refractivity (Wildman–Crippen MR) is 25.1 cm³/mol. The molecular formula is C4H5O2Se. The predicted octanol–water partition coefficient (Wildman–Crippen LogP) is -0.110. The topological polar surface area (TPSA) is 26.3 Å². The van der Waals surface area contributed by atoms with Gasteiger partial charge in [0.1, 0.15) is 0 Å². The van der Waals surface area contributed by atoms with Crippen LogP contribution in [0.5, 0.6) is 0 Å². The summed E-state index contributed by atoms with van der Waals surface area (Å²) in [5, 5.41) is 0. The van der Waals surface area contributed by atoms with Gasteiger partial charge in [0.15, 0.2) is 0 Å². The van der Waals surface area contributed by atoms with Crippen LogP contribution >= 0.6 is 0 Å². The molecular weight excluding hydrogens is 159 g/mol. The van der Waals surface area contributed by atoms with Crippen LogP contribution in [-0.4, -0.2) is 28.6 Å². The first kappa shape index (κ1) is 5.13. The molecule has 0 saturated carbocycles. The van der Waals surface area contributed by atoms with Crippen molar-refractivity contribution in [1.29, 1.82) is 0 Å². The zero-order chi connectivity index (χ0) is 5.28. The Labute approximate surface area is 50.0 Å². The quantitative estimate of drug-likeness (QED) is 0.369. The second-order valence-electron chi connectivity index (χ2n) is 1.51. The molecule has 0 bridgehead atoms. The average molecular weight is 164 g/mol. The van der Waals surface area contributed by atoms with Gasteiger partial charge in [-0.05, 0) is 0 Å². The summed E-state index contributed by atoms with van der Waals surface area (Å²) in [6.45, 7) is 0.568. The first-order valence-electron chi connectivity index (χ1n) is 2.10. The molecule has 2 nitrogen and oxygen atoms in total. The summed E-state index contributed by atoms with van der Waals surface area (Å²) < 4.78 is 4.59. The van der Waals surface area contributed by atoms with E-state index >= 15 is 0 Å². The molecule has 1 unspecified atom stereocenters. The molecule has 1 aliphatic rings. The molecule has 7 heavy (non-hydrogen) atoms. The third-order valence-electron chi connectivity index (χ3n) is 0.825. The van der Waals surface area contributed by atoms with Crippen molar-refractivity contribution in [3.63, 3.8) is 0 Å². The van der Waals surface area contributed by atoms with Gasteiger partial charge in [0.05, 0.1) is 0 Å². The summed E-state index contributed by atoms with van der Waals surface area (Å²) in [5.41, 5.74) is 0. The van der Waals surface area contributed by atoms with Crippen molar-refractivity contribution in [2.24, 2.45) is 0 Å². The van der Waals surface area contributed by atoms with Gasteiger partial charge in [0, 0.05) is 0 Å². The van der Waals surface area contributed by atoms with Crippen molar-refractivity contribution in [3.05, 3.63) is 0 Å². The Hall–Kier alpha value is -0.0105. The molecule has 1 heterocycles. The number of hydrogen-bond acceptors (Lipinski definition) is 2. The van der Waals surface area contributed by atoms with Gasteiger partial charge >= 0.3 is 49.4 Å². The van der Waals surface area contributed by atoms with E-state index in [-0.39, 0.29) is 5.97 Å². The minimum absolute atomic E-state index is 0.0799. The Bertz CT molecular complexity index is 91.7. The molecule has 0 spiro atoms. The number of ether oxygens (including phenoxy) is 1. The Kier molecular flexibility index (Phi) is 1.35. The maximum atomic E-state index is 10.2. The van der Waals surface area contributed by atoms with Crippen molar-refractivity contribution in [2.75, 3.05) is 6.61 Å². The van der Waals surface area contributed by atoms with Crippen molar-refractivity contribution in [2.45, 2.75) is 11.2 Å². The van der Waals surface area contributed by atoms with Crippen molar-refractivity contribution < 1.29 is 9.53 Å². The molecule has 0 aromatic heterocycles. The first-order chi connectivity index (χ1) is 3.29. The van der Waals surface area contributed by atoms with E-state index < -0.39 is 0 Å². The maximum absolute atomic E-state index is 10.2. The van der Waals surface area contributed by atoms with E-state index in [1.165, 1.54) is 0 Å². The van der Waals surface area contributed by atoms with Gasteiger partial charge in [-0.1, -0.05) is 0 Å². The van der Waals surface area contributed by atoms with Crippen LogP contribution in [0.2, 0.25) is 4.82 Å². The molecule has 0 aromatic rings. The Morgan fingerprint density at radius 3 is 2.71 bits per heavy atom. The zero-order valence-corrected chi connectivity index (χ0v) is 5.43. The van der Waals surface area contributed by atoms with Crippen molar-refractivity contribution in [1.82, 2.24) is 0 Å². The van der Waals surface area contributed by atoms with Crippen molar-refractivity contribution >= 4 is 22.0 Å². The van der Waals surface area contributed by atoms with Crippen LogP contribution in [0.1, 0.15) is 6.42 Å². The number of carbonyl (C=O) groups excluding carboxylic acids is 1. The summed E-state index contributed by atoms with van der Waals surface area (Å²) in [6, 6.07) is 0. The summed E-state index contributed by atoms with van der Waals surface area (Å²) in [4.78, 5) is 10.5. The fourth-order valence-electron chi connectivity index (χ4n) is 0.490. The molecule has 39 valence electrons. The molecule has 1 rings (SSSR count). The fraction of sp³-hybridized carbons (Fsp3) is 0.750. The molecule has 0 aliphatic carbocycles. The summed E-state index contributed by atoms with van der Waals surface area (Å²) in [6.07, 6.45) is 0.556. The summed E-state index contributed by atoms with van der Waals surface area (Å²) in [7, 11) is 0. The van der Waals surface area contributed by atoms with E-state index in [1.54, 1.807) is 0 Å². The molecule has 1 fully saturated rings. The number of rotatable bonds is 0. The molecule has 1 saturated heterocycles. The number of esters is 1. The van der Waals surface area contributed by atoms with Gasteiger partial charge in [-0.3, -0.25) is 0 Å².